The van der Waals surface area contributed by atoms with Gasteiger partial charge in [-0.25, -0.2) is 0 Å². The molecular weight excluding hydrogens is 238 g/mol. The average molecular weight is 265 g/mol. The maximum Gasteiger partial charge on any atom is 0.0382 e. The van der Waals surface area contributed by atoms with Crippen LogP contribution in [-0.4, -0.2) is 6.54 Å². The topological polar surface area (TPSA) is 12.0 Å². The summed E-state index contributed by atoms with van der Waals surface area (Å²) < 4.78 is 0. The molecule has 0 aliphatic heterocycles. The number of hydrogen-bond donors (Lipinski definition) is 1. The largest absolute Gasteiger partial charge is 0.309 e. The van der Waals surface area contributed by atoms with Crippen LogP contribution in [0.1, 0.15) is 68.9 Å². The number of rotatable bonds is 5. The van der Waals surface area contributed by atoms with Crippen LogP contribution in [0.15, 0.2) is 11.4 Å². The van der Waals surface area contributed by atoms with Gasteiger partial charge in [-0.2, -0.15) is 0 Å². The summed E-state index contributed by atoms with van der Waals surface area (Å²) in [5.74, 6) is 0. The van der Waals surface area contributed by atoms with Gasteiger partial charge in [-0.1, -0.05) is 33.1 Å². The zero-order valence-electron chi connectivity index (χ0n) is 12.1. The lowest BCUT2D eigenvalue weighted by atomic mass is 9.69. The van der Waals surface area contributed by atoms with Crippen molar-refractivity contribution in [2.45, 2.75) is 65.3 Å². The van der Waals surface area contributed by atoms with Gasteiger partial charge in [0.2, 0.25) is 0 Å². The molecule has 18 heavy (non-hydrogen) atoms. The number of hydrogen-bond acceptors (Lipinski definition) is 2. The minimum Gasteiger partial charge on any atom is -0.309 e. The second-order valence-corrected chi connectivity index (χ2v) is 7.21. The van der Waals surface area contributed by atoms with Crippen molar-refractivity contribution in [2.75, 3.05) is 6.54 Å². The van der Waals surface area contributed by atoms with Crippen LogP contribution < -0.4 is 5.32 Å². The molecular formula is C16H27NS. The van der Waals surface area contributed by atoms with Gasteiger partial charge in [-0.15, -0.1) is 11.3 Å². The first kappa shape index (κ1) is 14.1. The highest BCUT2D eigenvalue weighted by molar-refractivity contribution is 7.10. The van der Waals surface area contributed by atoms with E-state index in [9.17, 15) is 0 Å². The molecule has 2 rings (SSSR count). The average Bonchev–Trinajstić information content (AvgIpc) is 2.77. The molecule has 1 aliphatic carbocycles. The van der Waals surface area contributed by atoms with Gasteiger partial charge in [-0.3, -0.25) is 0 Å². The first-order chi connectivity index (χ1) is 8.65. The zero-order valence-corrected chi connectivity index (χ0v) is 12.9. The molecule has 1 unspecified atom stereocenters. The maximum absolute atomic E-state index is 3.82. The van der Waals surface area contributed by atoms with Gasteiger partial charge in [0.1, 0.15) is 0 Å². The van der Waals surface area contributed by atoms with Crippen molar-refractivity contribution in [1.82, 2.24) is 5.32 Å². The highest BCUT2D eigenvalue weighted by atomic mass is 32.1. The molecule has 0 saturated heterocycles. The summed E-state index contributed by atoms with van der Waals surface area (Å²) in [4.78, 5) is 1.44. The van der Waals surface area contributed by atoms with E-state index in [4.69, 9.17) is 0 Å². The summed E-state index contributed by atoms with van der Waals surface area (Å²) in [6.45, 7) is 8.10. The molecule has 1 aliphatic rings. The van der Waals surface area contributed by atoms with E-state index in [1.807, 2.05) is 11.3 Å². The number of aryl methyl sites for hydroxylation is 1. The van der Waals surface area contributed by atoms with E-state index in [-0.39, 0.29) is 0 Å². The van der Waals surface area contributed by atoms with Gasteiger partial charge in [0.05, 0.1) is 0 Å². The first-order valence-corrected chi connectivity index (χ1v) is 8.32. The Kier molecular flexibility index (Phi) is 4.85. The second kappa shape index (κ2) is 6.21. The van der Waals surface area contributed by atoms with Crippen molar-refractivity contribution in [1.29, 1.82) is 0 Å². The van der Waals surface area contributed by atoms with Crippen LogP contribution in [0.3, 0.4) is 0 Å². The predicted octanol–water partition coefficient (Wildman–Crippen LogP) is 5.07. The summed E-state index contributed by atoms with van der Waals surface area (Å²) in [6, 6.07) is 2.94. The summed E-state index contributed by atoms with van der Waals surface area (Å²) in [7, 11) is 0. The van der Waals surface area contributed by atoms with Crippen molar-refractivity contribution in [3.63, 3.8) is 0 Å². The maximum atomic E-state index is 3.82. The molecule has 0 radical (unpaired) electrons. The minimum atomic E-state index is 0.459. The zero-order chi connectivity index (χ0) is 13.0. The summed E-state index contributed by atoms with van der Waals surface area (Å²) >= 11 is 1.89. The lowest BCUT2D eigenvalue weighted by Gasteiger charge is -2.41. The van der Waals surface area contributed by atoms with Crippen LogP contribution in [-0.2, 0) is 0 Å². The Labute approximate surface area is 116 Å². The van der Waals surface area contributed by atoms with Crippen molar-refractivity contribution in [2.24, 2.45) is 5.41 Å². The molecule has 1 aromatic rings. The third-order valence-electron chi connectivity index (χ3n) is 4.38. The van der Waals surface area contributed by atoms with Gasteiger partial charge >= 0.3 is 0 Å². The first-order valence-electron chi connectivity index (χ1n) is 7.44. The molecule has 1 heterocycles. The Hall–Kier alpha value is -0.340. The Morgan fingerprint density at radius 2 is 2.06 bits per heavy atom. The molecule has 1 aromatic heterocycles. The molecule has 0 aromatic carbocycles. The van der Waals surface area contributed by atoms with Crippen LogP contribution in [0.4, 0.5) is 0 Å². The molecule has 1 saturated carbocycles. The Morgan fingerprint density at radius 1 is 1.33 bits per heavy atom. The minimum absolute atomic E-state index is 0.459. The molecule has 1 fully saturated rings. The van der Waals surface area contributed by atoms with E-state index in [1.54, 1.807) is 0 Å². The van der Waals surface area contributed by atoms with E-state index in [1.165, 1.54) is 49.0 Å². The molecule has 1 atom stereocenters. The number of nitrogens with one attached hydrogen (secondary N) is 1. The monoisotopic (exact) mass is 265 g/mol. The molecule has 1 nitrogen and oxygen atoms in total. The lowest BCUT2D eigenvalue weighted by Crippen LogP contribution is -2.37. The van der Waals surface area contributed by atoms with Crippen LogP contribution in [0.25, 0.3) is 0 Å². The van der Waals surface area contributed by atoms with Crippen LogP contribution >= 0.6 is 11.3 Å². The Morgan fingerprint density at radius 3 is 2.61 bits per heavy atom. The standard InChI is InChI=1S/C16H27NS/c1-4-10-17-15(14-11-13(2)18-12-14)16(3)8-6-5-7-9-16/h11-12,15,17H,4-10H2,1-3H3. The van der Waals surface area contributed by atoms with Gasteiger partial charge in [-0.05, 0) is 55.2 Å². The quantitative estimate of drug-likeness (QED) is 0.784. The van der Waals surface area contributed by atoms with Gasteiger partial charge in [0, 0.05) is 10.9 Å². The predicted molar refractivity (Wildman–Crippen MR) is 81.3 cm³/mol. The summed E-state index contributed by atoms with van der Waals surface area (Å²) in [5.41, 5.74) is 1.98. The smallest absolute Gasteiger partial charge is 0.0382 e. The van der Waals surface area contributed by atoms with Crippen LogP contribution in [0.2, 0.25) is 0 Å². The highest BCUT2D eigenvalue weighted by Gasteiger charge is 2.36. The second-order valence-electron chi connectivity index (χ2n) is 6.09. The summed E-state index contributed by atoms with van der Waals surface area (Å²) in [5, 5.41) is 6.18. The molecule has 2 heteroatoms. The van der Waals surface area contributed by atoms with E-state index < -0.39 is 0 Å². The SMILES string of the molecule is CCCNC(c1csc(C)c1)C1(C)CCCCC1. The fraction of sp³-hybridized carbons (Fsp3) is 0.750. The van der Waals surface area contributed by atoms with E-state index in [0.717, 1.165) is 6.54 Å². The molecule has 1 N–H and O–H groups in total. The molecule has 0 amide bonds. The molecule has 0 bridgehead atoms. The number of thiophene rings is 1. The Balaban J connectivity index is 2.18. The van der Waals surface area contributed by atoms with Crippen molar-refractivity contribution < 1.29 is 0 Å². The van der Waals surface area contributed by atoms with Gasteiger partial charge in [0.25, 0.3) is 0 Å². The third kappa shape index (κ3) is 3.16. The Bertz CT molecular complexity index is 363. The van der Waals surface area contributed by atoms with Gasteiger partial charge in [0.15, 0.2) is 0 Å². The van der Waals surface area contributed by atoms with Crippen LogP contribution in [0, 0.1) is 12.3 Å². The fourth-order valence-corrected chi connectivity index (χ4v) is 4.05. The van der Waals surface area contributed by atoms with E-state index >= 15 is 0 Å². The molecule has 102 valence electrons. The van der Waals surface area contributed by atoms with E-state index in [0.29, 0.717) is 11.5 Å². The van der Waals surface area contributed by atoms with Crippen molar-refractivity contribution in [3.05, 3.63) is 21.9 Å². The normalized spacial score (nSPS) is 20.8. The van der Waals surface area contributed by atoms with Crippen molar-refractivity contribution in [3.8, 4) is 0 Å². The summed E-state index contributed by atoms with van der Waals surface area (Å²) in [6.07, 6.45) is 8.22. The van der Waals surface area contributed by atoms with E-state index in [2.05, 4.69) is 37.5 Å². The molecule has 0 spiro atoms. The van der Waals surface area contributed by atoms with Gasteiger partial charge < -0.3 is 5.32 Å². The lowest BCUT2D eigenvalue weighted by molar-refractivity contribution is 0.145. The van der Waals surface area contributed by atoms with Crippen LogP contribution in [0.5, 0.6) is 0 Å². The van der Waals surface area contributed by atoms with Crippen molar-refractivity contribution >= 4 is 11.3 Å². The highest BCUT2D eigenvalue weighted by Crippen LogP contribution is 2.46. The third-order valence-corrected chi connectivity index (χ3v) is 5.25. The fourth-order valence-electron chi connectivity index (χ4n) is 3.32.